The molecule has 0 saturated heterocycles. The Hall–Kier alpha value is -1.62. The smallest absolute Gasteiger partial charge is 0.315 e. The number of amides is 2. The van der Waals surface area contributed by atoms with E-state index in [0.717, 1.165) is 12.0 Å². The first-order valence-corrected chi connectivity index (χ1v) is 7.01. The van der Waals surface area contributed by atoms with Gasteiger partial charge in [0.2, 0.25) is 0 Å². The average molecular weight is 279 g/mol. The summed E-state index contributed by atoms with van der Waals surface area (Å²) >= 11 is 0. The predicted molar refractivity (Wildman–Crippen MR) is 79.6 cm³/mol. The molecule has 0 aliphatic rings. The van der Waals surface area contributed by atoms with E-state index in [2.05, 4.69) is 29.5 Å². The van der Waals surface area contributed by atoms with Gasteiger partial charge in [0.05, 0.1) is 0 Å². The summed E-state index contributed by atoms with van der Waals surface area (Å²) in [5, 5.41) is 14.5. The van der Waals surface area contributed by atoms with Crippen molar-refractivity contribution in [1.82, 2.24) is 15.6 Å². The van der Waals surface area contributed by atoms with Crippen molar-refractivity contribution < 1.29 is 9.90 Å². The van der Waals surface area contributed by atoms with Crippen LogP contribution in [0.15, 0.2) is 24.5 Å². The fourth-order valence-corrected chi connectivity index (χ4v) is 1.95. The molecule has 0 saturated carbocycles. The number of hydrogen-bond donors (Lipinski definition) is 3. The fraction of sp³-hybridized carbons (Fsp3) is 0.600. The molecule has 20 heavy (non-hydrogen) atoms. The van der Waals surface area contributed by atoms with Crippen LogP contribution in [0.2, 0.25) is 0 Å². The number of nitrogens with one attached hydrogen (secondary N) is 2. The van der Waals surface area contributed by atoms with Crippen molar-refractivity contribution in [2.45, 2.75) is 45.1 Å². The number of aliphatic hydroxyl groups is 1. The van der Waals surface area contributed by atoms with Crippen LogP contribution in [0.4, 0.5) is 4.79 Å². The SMILES string of the molecule is CC(CCCO)NC(=O)NCC(C)(C)c1ccncc1. The van der Waals surface area contributed by atoms with Crippen LogP contribution in [-0.2, 0) is 5.41 Å². The molecule has 5 heteroatoms. The molecule has 1 atom stereocenters. The summed E-state index contributed by atoms with van der Waals surface area (Å²) in [5.41, 5.74) is 0.996. The first kappa shape index (κ1) is 16.4. The summed E-state index contributed by atoms with van der Waals surface area (Å²) in [6.07, 6.45) is 4.99. The monoisotopic (exact) mass is 279 g/mol. The average Bonchev–Trinajstić information content (AvgIpc) is 2.44. The molecule has 1 aromatic heterocycles. The van der Waals surface area contributed by atoms with E-state index in [-0.39, 0.29) is 24.1 Å². The molecule has 1 heterocycles. The third-order valence-corrected chi connectivity index (χ3v) is 3.33. The minimum absolute atomic E-state index is 0.0613. The molecule has 1 unspecified atom stereocenters. The van der Waals surface area contributed by atoms with E-state index >= 15 is 0 Å². The van der Waals surface area contributed by atoms with Crippen LogP contribution in [0.1, 0.15) is 39.2 Å². The molecule has 0 fully saturated rings. The van der Waals surface area contributed by atoms with Gasteiger partial charge in [-0.15, -0.1) is 0 Å². The Morgan fingerprint density at radius 3 is 2.65 bits per heavy atom. The van der Waals surface area contributed by atoms with Crippen LogP contribution < -0.4 is 10.6 Å². The van der Waals surface area contributed by atoms with Crippen molar-refractivity contribution in [1.29, 1.82) is 0 Å². The Morgan fingerprint density at radius 2 is 2.05 bits per heavy atom. The zero-order chi connectivity index (χ0) is 15.0. The van der Waals surface area contributed by atoms with Gasteiger partial charge in [-0.25, -0.2) is 4.79 Å². The number of hydrogen-bond acceptors (Lipinski definition) is 3. The Morgan fingerprint density at radius 1 is 1.40 bits per heavy atom. The van der Waals surface area contributed by atoms with Crippen molar-refractivity contribution in [3.05, 3.63) is 30.1 Å². The lowest BCUT2D eigenvalue weighted by Crippen LogP contribution is -2.45. The number of pyridine rings is 1. The van der Waals surface area contributed by atoms with E-state index in [1.807, 2.05) is 19.1 Å². The maximum Gasteiger partial charge on any atom is 0.315 e. The van der Waals surface area contributed by atoms with Gasteiger partial charge in [0, 0.05) is 37.0 Å². The van der Waals surface area contributed by atoms with E-state index in [1.54, 1.807) is 12.4 Å². The number of urea groups is 1. The third kappa shape index (κ3) is 5.57. The van der Waals surface area contributed by atoms with Gasteiger partial charge in [0.25, 0.3) is 0 Å². The van der Waals surface area contributed by atoms with E-state index in [4.69, 9.17) is 5.11 Å². The summed E-state index contributed by atoms with van der Waals surface area (Å²) in [4.78, 5) is 15.8. The Balaban J connectivity index is 2.40. The lowest BCUT2D eigenvalue weighted by Gasteiger charge is -2.26. The maximum absolute atomic E-state index is 11.8. The molecular weight excluding hydrogens is 254 g/mol. The molecule has 0 aliphatic heterocycles. The number of aliphatic hydroxyl groups excluding tert-OH is 1. The van der Waals surface area contributed by atoms with Gasteiger partial charge in [-0.3, -0.25) is 4.98 Å². The van der Waals surface area contributed by atoms with Crippen LogP contribution in [0.5, 0.6) is 0 Å². The van der Waals surface area contributed by atoms with Crippen LogP contribution >= 0.6 is 0 Å². The van der Waals surface area contributed by atoms with Crippen molar-refractivity contribution in [2.24, 2.45) is 0 Å². The van der Waals surface area contributed by atoms with Gasteiger partial charge in [-0.2, -0.15) is 0 Å². The highest BCUT2D eigenvalue weighted by molar-refractivity contribution is 5.74. The summed E-state index contributed by atoms with van der Waals surface area (Å²) < 4.78 is 0. The van der Waals surface area contributed by atoms with E-state index < -0.39 is 0 Å². The van der Waals surface area contributed by atoms with Crippen LogP contribution in [0.25, 0.3) is 0 Å². The zero-order valence-electron chi connectivity index (χ0n) is 12.5. The highest BCUT2D eigenvalue weighted by Crippen LogP contribution is 2.20. The lowest BCUT2D eigenvalue weighted by molar-refractivity contribution is 0.232. The number of carbonyl (C=O) groups is 1. The number of nitrogens with zero attached hydrogens (tertiary/aromatic N) is 1. The molecule has 2 amide bonds. The molecule has 0 spiro atoms. The number of carbonyl (C=O) groups excluding carboxylic acids is 1. The predicted octanol–water partition coefficient (Wildman–Crippen LogP) is 1.82. The van der Waals surface area contributed by atoms with Gasteiger partial charge in [0.1, 0.15) is 0 Å². The third-order valence-electron chi connectivity index (χ3n) is 3.33. The summed E-state index contributed by atoms with van der Waals surface area (Å²) in [6, 6.07) is 3.82. The summed E-state index contributed by atoms with van der Waals surface area (Å²) in [5.74, 6) is 0. The molecule has 1 aromatic rings. The standard InChI is InChI=1S/C15H25N3O2/c1-12(5-4-10-19)18-14(20)17-11-15(2,3)13-6-8-16-9-7-13/h6-9,12,19H,4-5,10-11H2,1-3H3,(H2,17,18,20). The highest BCUT2D eigenvalue weighted by atomic mass is 16.3. The van der Waals surface area contributed by atoms with Gasteiger partial charge < -0.3 is 15.7 Å². The Bertz CT molecular complexity index is 407. The van der Waals surface area contributed by atoms with Crippen LogP contribution in [0.3, 0.4) is 0 Å². The van der Waals surface area contributed by atoms with Gasteiger partial charge >= 0.3 is 6.03 Å². The molecular formula is C15H25N3O2. The minimum Gasteiger partial charge on any atom is -0.396 e. The van der Waals surface area contributed by atoms with Crippen molar-refractivity contribution in [3.8, 4) is 0 Å². The molecule has 0 aliphatic carbocycles. The van der Waals surface area contributed by atoms with E-state index in [0.29, 0.717) is 13.0 Å². The second-order valence-electron chi connectivity index (χ2n) is 5.71. The van der Waals surface area contributed by atoms with Crippen molar-refractivity contribution in [2.75, 3.05) is 13.2 Å². The zero-order valence-corrected chi connectivity index (χ0v) is 12.5. The first-order chi connectivity index (χ1) is 9.45. The minimum atomic E-state index is -0.169. The second kappa shape index (κ2) is 7.85. The summed E-state index contributed by atoms with van der Waals surface area (Å²) in [7, 11) is 0. The quantitative estimate of drug-likeness (QED) is 0.712. The molecule has 5 nitrogen and oxygen atoms in total. The Kier molecular flexibility index (Phi) is 6.45. The topological polar surface area (TPSA) is 74.2 Å². The Labute approximate surface area is 120 Å². The molecule has 0 bridgehead atoms. The molecule has 0 aromatic carbocycles. The number of rotatable bonds is 7. The maximum atomic E-state index is 11.8. The largest absolute Gasteiger partial charge is 0.396 e. The molecule has 112 valence electrons. The first-order valence-electron chi connectivity index (χ1n) is 7.01. The molecule has 3 N–H and O–H groups in total. The van der Waals surface area contributed by atoms with Crippen molar-refractivity contribution in [3.63, 3.8) is 0 Å². The molecule has 0 radical (unpaired) electrons. The van der Waals surface area contributed by atoms with Gasteiger partial charge in [-0.05, 0) is 37.5 Å². The highest BCUT2D eigenvalue weighted by Gasteiger charge is 2.21. The van der Waals surface area contributed by atoms with Gasteiger partial charge in [0.15, 0.2) is 0 Å². The van der Waals surface area contributed by atoms with Crippen molar-refractivity contribution >= 4 is 6.03 Å². The van der Waals surface area contributed by atoms with Crippen LogP contribution in [0, 0.1) is 0 Å². The van der Waals surface area contributed by atoms with E-state index in [9.17, 15) is 4.79 Å². The summed E-state index contributed by atoms with van der Waals surface area (Å²) in [6.45, 7) is 6.80. The fourth-order valence-electron chi connectivity index (χ4n) is 1.95. The second-order valence-corrected chi connectivity index (χ2v) is 5.71. The number of aromatic nitrogens is 1. The molecule has 1 rings (SSSR count). The normalized spacial score (nSPS) is 12.8. The van der Waals surface area contributed by atoms with E-state index in [1.165, 1.54) is 0 Å². The van der Waals surface area contributed by atoms with Crippen LogP contribution in [-0.4, -0.2) is 35.3 Å². The van der Waals surface area contributed by atoms with Gasteiger partial charge in [-0.1, -0.05) is 13.8 Å². The lowest BCUT2D eigenvalue weighted by atomic mass is 9.85.